The van der Waals surface area contributed by atoms with Crippen LogP contribution in [-0.4, -0.2) is 117 Å². The predicted octanol–water partition coefficient (Wildman–Crippen LogP) is 6.96. The molecule has 360 valence electrons. The molecule has 2 N–H and O–H groups in total. The first kappa shape index (κ1) is 49.5. The van der Waals surface area contributed by atoms with Crippen LogP contribution in [0.4, 0.5) is 4.79 Å². The maximum Gasteiger partial charge on any atom is 0.408 e. The number of alkyl carbamates (subject to hydrolysis) is 1. The van der Waals surface area contributed by atoms with Gasteiger partial charge in [0.25, 0.3) is 0 Å². The number of ketones is 1. The van der Waals surface area contributed by atoms with Crippen LogP contribution in [0.15, 0.2) is 71.8 Å². The molecule has 0 unspecified atom stereocenters. The standard InChI is InChI=1S/C50H67NO14Si/c1-13-66(14-2,15-3)65-39(37(31-22-18-16-19-23-31)51-44(56)64-45(6,7)8)42(55)61-33-27-49(57)47(10)36(29(33)4)38(59-12)40(53)46(9)34(58-11)26-35-48(28-60-35,62-30(5)52)43(46)50(47,49)63-41(54)32-24-20-17-21-25-32/h16-25,33-35,37-39,43,57H,13-15,26-28H2,1-12H3,(H,51,56)/t33-,34-,35+,37-,38+,39+,43-,46-,47-,48-,49-,50-/m0/s1. The van der Waals surface area contributed by atoms with Gasteiger partial charge in [-0.05, 0) is 88.5 Å². The normalized spacial score (nSPS) is 34.2. The van der Waals surface area contributed by atoms with E-state index in [9.17, 15) is 19.5 Å². The average Bonchev–Trinajstić information content (AvgIpc) is 3.70. The number of hydrogen-bond acceptors (Lipinski definition) is 14. The van der Waals surface area contributed by atoms with Crippen molar-refractivity contribution in [1.82, 2.24) is 5.32 Å². The van der Waals surface area contributed by atoms with Gasteiger partial charge in [-0.2, -0.15) is 0 Å². The number of Topliss-reactive ketones (excluding diaryl/α,β-unsaturated/α-hetero) is 1. The van der Waals surface area contributed by atoms with Crippen molar-refractivity contribution in [3.63, 3.8) is 0 Å². The quantitative estimate of drug-likeness (QED) is 0.0806. The number of methoxy groups -OCH3 is 2. The Labute approximate surface area is 388 Å². The van der Waals surface area contributed by atoms with Gasteiger partial charge in [-0.1, -0.05) is 69.3 Å². The molecule has 1 aliphatic heterocycles. The Hall–Kier alpha value is -4.45. The zero-order valence-electron chi connectivity index (χ0n) is 40.3. The van der Waals surface area contributed by atoms with E-state index in [-0.39, 0.29) is 30.6 Å². The molecule has 4 aliphatic carbocycles. The molecular weight excluding hydrogens is 867 g/mol. The Balaban J connectivity index is 1.42. The van der Waals surface area contributed by atoms with Crippen molar-refractivity contribution in [3.8, 4) is 0 Å². The summed E-state index contributed by atoms with van der Waals surface area (Å²) >= 11 is 0. The number of nitrogens with one attached hydrogen (secondary N) is 1. The first-order valence-corrected chi connectivity index (χ1v) is 25.6. The van der Waals surface area contributed by atoms with Crippen molar-refractivity contribution in [2.45, 2.75) is 159 Å². The second-order valence-electron chi connectivity index (χ2n) is 20.0. The van der Waals surface area contributed by atoms with Gasteiger partial charge >= 0.3 is 24.0 Å². The van der Waals surface area contributed by atoms with Crippen molar-refractivity contribution >= 4 is 38.1 Å². The maximum absolute atomic E-state index is 15.7. The highest BCUT2D eigenvalue weighted by Gasteiger charge is 2.99. The lowest BCUT2D eigenvalue weighted by Gasteiger charge is -2.64. The smallest absolute Gasteiger partial charge is 0.408 e. The molecule has 4 fully saturated rings. The molecule has 0 bridgehead atoms. The minimum absolute atomic E-state index is 0.147. The largest absolute Gasteiger partial charge is 0.456 e. The lowest BCUT2D eigenvalue weighted by atomic mass is 9.51. The molecule has 12 atom stereocenters. The van der Waals surface area contributed by atoms with E-state index in [0.717, 1.165) is 0 Å². The van der Waals surface area contributed by atoms with E-state index in [1.807, 2.05) is 26.8 Å². The second kappa shape index (κ2) is 17.6. The van der Waals surface area contributed by atoms with Gasteiger partial charge in [-0.3, -0.25) is 9.59 Å². The summed E-state index contributed by atoms with van der Waals surface area (Å²) in [6.45, 7) is 17.5. The molecule has 5 aliphatic rings. The highest BCUT2D eigenvalue weighted by Crippen LogP contribution is 2.84. The Kier molecular flexibility index (Phi) is 13.2. The second-order valence-corrected chi connectivity index (χ2v) is 24.7. The summed E-state index contributed by atoms with van der Waals surface area (Å²) in [5.74, 6) is -4.01. The van der Waals surface area contributed by atoms with E-state index >= 15 is 9.59 Å². The lowest BCUT2D eigenvalue weighted by Crippen LogP contribution is -2.79. The molecule has 1 heterocycles. The number of ether oxygens (including phenoxy) is 7. The van der Waals surface area contributed by atoms with Crippen LogP contribution in [0.1, 0.15) is 104 Å². The fourth-order valence-electron chi connectivity index (χ4n) is 12.4. The van der Waals surface area contributed by atoms with Crippen LogP contribution in [0.3, 0.4) is 0 Å². The topological polar surface area (TPSA) is 191 Å². The first-order chi connectivity index (χ1) is 31.0. The SMILES string of the molecule is CC[Si](CC)(CC)O[C@@H](C(=O)O[C@H]1C[C@]2(O)[C@]3(C)C(=C1C)[C@@H](OC)C(=O)[C@]1(C)[C@@H](OC)C[C@H]4OC[C@@]4(OC(C)=O)[C@H]1[C@@]23OC(=O)c1ccccc1)[C@@H](NC(=O)OC(C)(C)C)c1ccccc1. The highest BCUT2D eigenvalue weighted by molar-refractivity contribution is 6.73. The Morgan fingerprint density at radius 2 is 1.53 bits per heavy atom. The summed E-state index contributed by atoms with van der Waals surface area (Å²) in [4.78, 5) is 72.5. The molecule has 7 rings (SSSR count). The highest BCUT2D eigenvalue weighted by atomic mass is 28.4. The lowest BCUT2D eigenvalue weighted by molar-refractivity contribution is -0.338. The fourth-order valence-corrected chi connectivity index (χ4v) is 15.1. The minimum atomic E-state index is -2.68. The van der Waals surface area contributed by atoms with Crippen LogP contribution >= 0.6 is 0 Å². The molecule has 2 aromatic carbocycles. The van der Waals surface area contributed by atoms with E-state index in [0.29, 0.717) is 29.3 Å². The van der Waals surface area contributed by atoms with Gasteiger partial charge in [0.2, 0.25) is 0 Å². The van der Waals surface area contributed by atoms with Gasteiger partial charge < -0.3 is 48.0 Å². The van der Waals surface area contributed by atoms with Crippen LogP contribution in [-0.2, 0) is 52.0 Å². The van der Waals surface area contributed by atoms with Gasteiger partial charge in [0.1, 0.15) is 29.5 Å². The Morgan fingerprint density at radius 3 is 2.05 bits per heavy atom. The third-order valence-corrected chi connectivity index (χ3v) is 20.4. The monoisotopic (exact) mass is 933 g/mol. The molecule has 1 saturated heterocycles. The van der Waals surface area contributed by atoms with Crippen LogP contribution in [0, 0.1) is 16.7 Å². The minimum Gasteiger partial charge on any atom is -0.456 e. The molecule has 3 saturated carbocycles. The summed E-state index contributed by atoms with van der Waals surface area (Å²) in [5, 5.41) is 16.7. The van der Waals surface area contributed by atoms with E-state index in [1.165, 1.54) is 21.1 Å². The predicted molar refractivity (Wildman–Crippen MR) is 243 cm³/mol. The summed E-state index contributed by atoms with van der Waals surface area (Å²) in [5.41, 5.74) is -8.37. The first-order valence-electron chi connectivity index (χ1n) is 23.1. The molecule has 0 spiro atoms. The van der Waals surface area contributed by atoms with Gasteiger partial charge in [0.15, 0.2) is 31.4 Å². The zero-order valence-corrected chi connectivity index (χ0v) is 41.3. The number of rotatable bonds is 15. The van der Waals surface area contributed by atoms with Crippen LogP contribution in [0.2, 0.25) is 18.1 Å². The summed E-state index contributed by atoms with van der Waals surface area (Å²) in [6.07, 6.45) is -6.64. The molecular formula is C50H67NO14Si. The zero-order chi connectivity index (χ0) is 48.4. The van der Waals surface area contributed by atoms with Gasteiger partial charge in [0.05, 0.1) is 41.1 Å². The van der Waals surface area contributed by atoms with Crippen molar-refractivity contribution in [2.24, 2.45) is 16.7 Å². The number of esters is 3. The number of aliphatic hydroxyl groups is 1. The maximum atomic E-state index is 15.7. The number of carbonyl (C=O) groups excluding carboxylic acids is 5. The van der Waals surface area contributed by atoms with Crippen LogP contribution in [0.25, 0.3) is 0 Å². The molecule has 66 heavy (non-hydrogen) atoms. The molecule has 16 heteroatoms. The number of hydrogen-bond donors (Lipinski definition) is 2. The summed E-state index contributed by atoms with van der Waals surface area (Å²) < 4.78 is 50.9. The number of benzene rings is 2. The molecule has 1 amide bonds. The molecule has 0 aromatic heterocycles. The fraction of sp³-hybridized carbons (Fsp3) is 0.620. The van der Waals surface area contributed by atoms with Crippen molar-refractivity contribution in [1.29, 1.82) is 0 Å². The van der Waals surface area contributed by atoms with Crippen molar-refractivity contribution < 1.29 is 66.7 Å². The van der Waals surface area contributed by atoms with Gasteiger partial charge in [-0.15, -0.1) is 0 Å². The third-order valence-electron chi connectivity index (χ3n) is 15.8. The average molecular weight is 934 g/mol. The molecule has 2 aromatic rings. The Bertz CT molecular complexity index is 2240. The van der Waals surface area contributed by atoms with E-state index in [4.69, 9.17) is 37.6 Å². The third kappa shape index (κ3) is 7.36. The number of carbonyl (C=O) groups is 5. The summed E-state index contributed by atoms with van der Waals surface area (Å²) in [7, 11) is 0.178. The van der Waals surface area contributed by atoms with Crippen molar-refractivity contribution in [2.75, 3.05) is 20.8 Å². The molecule has 0 radical (unpaired) electrons. The van der Waals surface area contributed by atoms with Gasteiger partial charge in [0, 0.05) is 34.0 Å². The summed E-state index contributed by atoms with van der Waals surface area (Å²) in [6, 6.07) is 18.1. The number of amides is 1. The van der Waals surface area contributed by atoms with Crippen LogP contribution < -0.4 is 5.32 Å². The van der Waals surface area contributed by atoms with E-state index in [2.05, 4.69) is 5.32 Å². The van der Waals surface area contributed by atoms with E-state index in [1.54, 1.807) is 96.1 Å². The Morgan fingerprint density at radius 1 is 0.924 bits per heavy atom. The van der Waals surface area contributed by atoms with Gasteiger partial charge in [-0.25, -0.2) is 14.4 Å². The van der Waals surface area contributed by atoms with E-state index < -0.39 is 114 Å². The van der Waals surface area contributed by atoms with Crippen LogP contribution in [0.5, 0.6) is 0 Å². The molecule has 15 nitrogen and oxygen atoms in total. The van der Waals surface area contributed by atoms with Crippen molar-refractivity contribution in [3.05, 3.63) is 82.9 Å². The number of fused-ring (bicyclic) bond motifs is 5.